The van der Waals surface area contributed by atoms with E-state index in [-0.39, 0.29) is 0 Å². The molecular formula is C15H15ClN2S. The first-order valence-corrected chi connectivity index (χ1v) is 6.69. The lowest BCUT2D eigenvalue weighted by atomic mass is 10.1. The number of benzene rings is 2. The summed E-state index contributed by atoms with van der Waals surface area (Å²) in [5.41, 5.74) is 10.8. The van der Waals surface area contributed by atoms with Crippen LogP contribution in [0.3, 0.4) is 0 Å². The van der Waals surface area contributed by atoms with Gasteiger partial charge in [-0.25, -0.2) is 0 Å². The second kappa shape index (κ2) is 5.59. The van der Waals surface area contributed by atoms with Crippen molar-refractivity contribution in [1.82, 2.24) is 0 Å². The average molecular weight is 291 g/mol. The van der Waals surface area contributed by atoms with E-state index in [0.717, 1.165) is 16.9 Å². The van der Waals surface area contributed by atoms with Crippen LogP contribution in [0.1, 0.15) is 16.7 Å². The van der Waals surface area contributed by atoms with Gasteiger partial charge in [-0.2, -0.15) is 0 Å². The third kappa shape index (κ3) is 3.25. The van der Waals surface area contributed by atoms with Gasteiger partial charge in [-0.05, 0) is 43.7 Å². The number of hydrogen-bond donors (Lipinski definition) is 2. The number of nitrogens with two attached hydrogens (primary N) is 1. The highest BCUT2D eigenvalue weighted by Gasteiger charge is 2.07. The second-order valence-corrected chi connectivity index (χ2v) is 5.37. The molecule has 0 bridgehead atoms. The van der Waals surface area contributed by atoms with Crippen LogP contribution in [0.15, 0.2) is 36.4 Å². The molecule has 2 rings (SSSR count). The molecule has 2 nitrogen and oxygen atoms in total. The second-order valence-electron chi connectivity index (χ2n) is 4.50. The van der Waals surface area contributed by atoms with E-state index in [4.69, 9.17) is 29.6 Å². The monoisotopic (exact) mass is 290 g/mol. The van der Waals surface area contributed by atoms with Crippen LogP contribution in [-0.4, -0.2) is 4.99 Å². The van der Waals surface area contributed by atoms with Crippen molar-refractivity contribution in [1.29, 1.82) is 0 Å². The molecule has 0 atom stereocenters. The van der Waals surface area contributed by atoms with Gasteiger partial charge in [0, 0.05) is 22.0 Å². The maximum atomic E-state index is 5.97. The smallest absolute Gasteiger partial charge is 0.106 e. The molecule has 0 heterocycles. The zero-order valence-corrected chi connectivity index (χ0v) is 12.4. The predicted molar refractivity (Wildman–Crippen MR) is 86.5 cm³/mol. The van der Waals surface area contributed by atoms with Crippen molar-refractivity contribution in [2.75, 3.05) is 5.32 Å². The van der Waals surface area contributed by atoms with Gasteiger partial charge in [0.25, 0.3) is 0 Å². The fourth-order valence-electron chi connectivity index (χ4n) is 1.93. The molecule has 0 fully saturated rings. The van der Waals surface area contributed by atoms with Gasteiger partial charge < -0.3 is 11.1 Å². The Morgan fingerprint density at radius 3 is 2.42 bits per heavy atom. The highest BCUT2D eigenvalue weighted by Crippen LogP contribution is 2.26. The first-order valence-electron chi connectivity index (χ1n) is 5.91. The Morgan fingerprint density at radius 2 is 1.79 bits per heavy atom. The van der Waals surface area contributed by atoms with E-state index in [1.165, 1.54) is 11.1 Å². The molecule has 0 saturated carbocycles. The Morgan fingerprint density at radius 1 is 1.11 bits per heavy atom. The summed E-state index contributed by atoms with van der Waals surface area (Å²) in [6.07, 6.45) is 0. The lowest BCUT2D eigenvalue weighted by Crippen LogP contribution is -2.12. The Bertz CT molecular complexity index is 638. The summed E-state index contributed by atoms with van der Waals surface area (Å²) >= 11 is 11.0. The SMILES string of the molecule is Cc1ccc(Nc2ccc(Cl)cc2C(N)=S)c(C)c1. The number of aryl methyl sites for hydroxylation is 2. The number of nitrogens with one attached hydrogen (secondary N) is 1. The van der Waals surface area contributed by atoms with E-state index in [0.29, 0.717) is 10.0 Å². The molecule has 98 valence electrons. The van der Waals surface area contributed by atoms with Crippen LogP contribution in [0.25, 0.3) is 0 Å². The molecule has 0 aliphatic heterocycles. The average Bonchev–Trinajstić information content (AvgIpc) is 2.34. The molecule has 2 aromatic rings. The van der Waals surface area contributed by atoms with Crippen LogP contribution in [0.5, 0.6) is 0 Å². The molecule has 0 saturated heterocycles. The van der Waals surface area contributed by atoms with Crippen LogP contribution in [0.2, 0.25) is 5.02 Å². The Hall–Kier alpha value is -1.58. The van der Waals surface area contributed by atoms with Crippen molar-refractivity contribution >= 4 is 40.2 Å². The van der Waals surface area contributed by atoms with Crippen LogP contribution < -0.4 is 11.1 Å². The zero-order valence-electron chi connectivity index (χ0n) is 10.8. The molecule has 0 aliphatic rings. The number of hydrogen-bond acceptors (Lipinski definition) is 2. The number of rotatable bonds is 3. The molecule has 0 radical (unpaired) electrons. The van der Waals surface area contributed by atoms with E-state index in [1.807, 2.05) is 18.2 Å². The Kier molecular flexibility index (Phi) is 4.08. The molecule has 3 N–H and O–H groups in total. The lowest BCUT2D eigenvalue weighted by Gasteiger charge is -2.14. The Labute approximate surface area is 123 Å². The quantitative estimate of drug-likeness (QED) is 0.826. The topological polar surface area (TPSA) is 38.0 Å². The van der Waals surface area contributed by atoms with Gasteiger partial charge in [-0.1, -0.05) is 41.5 Å². The fraction of sp³-hybridized carbons (Fsp3) is 0.133. The van der Waals surface area contributed by atoms with Crippen molar-refractivity contribution in [3.63, 3.8) is 0 Å². The number of anilines is 2. The van der Waals surface area contributed by atoms with Crippen LogP contribution in [0, 0.1) is 13.8 Å². The van der Waals surface area contributed by atoms with E-state index in [1.54, 1.807) is 6.07 Å². The third-order valence-electron chi connectivity index (χ3n) is 2.90. The maximum absolute atomic E-state index is 5.97. The third-order valence-corrected chi connectivity index (χ3v) is 3.35. The summed E-state index contributed by atoms with van der Waals surface area (Å²) in [5.74, 6) is 0. The van der Waals surface area contributed by atoms with Crippen molar-refractivity contribution in [2.24, 2.45) is 5.73 Å². The van der Waals surface area contributed by atoms with E-state index >= 15 is 0 Å². The lowest BCUT2D eigenvalue weighted by molar-refractivity contribution is 1.37. The molecule has 0 aliphatic carbocycles. The fourth-order valence-corrected chi connectivity index (χ4v) is 2.27. The molecule has 0 spiro atoms. The van der Waals surface area contributed by atoms with Crippen LogP contribution >= 0.6 is 23.8 Å². The minimum atomic E-state index is 0.328. The number of thiocarbonyl (C=S) groups is 1. The summed E-state index contributed by atoms with van der Waals surface area (Å²) in [7, 11) is 0. The summed E-state index contributed by atoms with van der Waals surface area (Å²) in [6.45, 7) is 4.13. The highest BCUT2D eigenvalue weighted by atomic mass is 35.5. The van der Waals surface area contributed by atoms with Gasteiger partial charge in [0.05, 0.1) is 0 Å². The minimum Gasteiger partial charge on any atom is -0.389 e. The van der Waals surface area contributed by atoms with Gasteiger partial charge in [0.15, 0.2) is 0 Å². The molecule has 0 unspecified atom stereocenters. The molecule has 2 aromatic carbocycles. The van der Waals surface area contributed by atoms with Crippen molar-refractivity contribution < 1.29 is 0 Å². The molecule has 4 heteroatoms. The largest absolute Gasteiger partial charge is 0.389 e. The first kappa shape index (κ1) is 13.8. The van der Waals surface area contributed by atoms with E-state index in [2.05, 4.69) is 31.3 Å². The molecule has 19 heavy (non-hydrogen) atoms. The van der Waals surface area contributed by atoms with Crippen molar-refractivity contribution in [2.45, 2.75) is 13.8 Å². The van der Waals surface area contributed by atoms with Gasteiger partial charge in [-0.15, -0.1) is 0 Å². The van der Waals surface area contributed by atoms with E-state index < -0.39 is 0 Å². The van der Waals surface area contributed by atoms with Gasteiger partial charge >= 0.3 is 0 Å². The van der Waals surface area contributed by atoms with Gasteiger partial charge in [0.1, 0.15) is 4.99 Å². The zero-order chi connectivity index (χ0) is 14.0. The van der Waals surface area contributed by atoms with Crippen molar-refractivity contribution in [3.05, 3.63) is 58.1 Å². The van der Waals surface area contributed by atoms with E-state index in [9.17, 15) is 0 Å². The van der Waals surface area contributed by atoms with Gasteiger partial charge in [0.2, 0.25) is 0 Å². The standard InChI is InChI=1S/C15H15ClN2S/c1-9-3-5-13(10(2)7-9)18-14-6-4-11(16)8-12(14)15(17)19/h3-8,18H,1-2H3,(H2,17,19). The highest BCUT2D eigenvalue weighted by molar-refractivity contribution is 7.80. The number of halogens is 1. The maximum Gasteiger partial charge on any atom is 0.106 e. The molecular weight excluding hydrogens is 276 g/mol. The summed E-state index contributed by atoms with van der Waals surface area (Å²) in [4.78, 5) is 0.328. The molecule has 0 amide bonds. The van der Waals surface area contributed by atoms with Crippen LogP contribution in [-0.2, 0) is 0 Å². The first-order chi connectivity index (χ1) is 8.97. The summed E-state index contributed by atoms with van der Waals surface area (Å²) in [6, 6.07) is 11.7. The molecule has 0 aromatic heterocycles. The minimum absolute atomic E-state index is 0.328. The normalized spacial score (nSPS) is 10.3. The summed E-state index contributed by atoms with van der Waals surface area (Å²) in [5, 5.41) is 3.97. The Balaban J connectivity index is 2.40. The summed E-state index contributed by atoms with van der Waals surface area (Å²) < 4.78 is 0. The van der Waals surface area contributed by atoms with Gasteiger partial charge in [-0.3, -0.25) is 0 Å². The van der Waals surface area contributed by atoms with Crippen LogP contribution in [0.4, 0.5) is 11.4 Å². The van der Waals surface area contributed by atoms with Crippen molar-refractivity contribution in [3.8, 4) is 0 Å². The predicted octanol–water partition coefficient (Wildman–Crippen LogP) is 4.33.